The lowest BCUT2D eigenvalue weighted by Gasteiger charge is -2.21. The van der Waals surface area contributed by atoms with Crippen molar-refractivity contribution in [3.63, 3.8) is 0 Å². The quantitative estimate of drug-likeness (QED) is 0.737. The van der Waals surface area contributed by atoms with E-state index in [9.17, 15) is 4.79 Å². The fourth-order valence-electron chi connectivity index (χ4n) is 2.46. The number of ketones is 1. The molecule has 0 saturated carbocycles. The van der Waals surface area contributed by atoms with Crippen LogP contribution in [0.3, 0.4) is 0 Å². The first kappa shape index (κ1) is 14.2. The molecule has 1 saturated heterocycles. The van der Waals surface area contributed by atoms with E-state index in [1.54, 1.807) is 0 Å². The van der Waals surface area contributed by atoms with Gasteiger partial charge in [-0.05, 0) is 25.5 Å². The lowest BCUT2D eigenvalue weighted by molar-refractivity contribution is 0.0907. The van der Waals surface area contributed by atoms with Gasteiger partial charge in [-0.25, -0.2) is 0 Å². The number of ether oxygens (including phenoxy) is 1. The molecule has 1 aliphatic heterocycles. The first-order valence-corrected chi connectivity index (χ1v) is 7.11. The molecule has 3 heteroatoms. The molecule has 1 aromatic rings. The summed E-state index contributed by atoms with van der Waals surface area (Å²) < 4.78 is 5.36. The van der Waals surface area contributed by atoms with E-state index in [0.717, 1.165) is 38.0 Å². The van der Waals surface area contributed by atoms with E-state index in [1.165, 1.54) is 5.56 Å². The molecule has 1 aliphatic rings. The van der Waals surface area contributed by atoms with Gasteiger partial charge in [0.15, 0.2) is 5.78 Å². The predicted octanol–water partition coefficient (Wildman–Crippen LogP) is 2.54. The minimum absolute atomic E-state index is 0.192. The van der Waals surface area contributed by atoms with Crippen LogP contribution in [0.1, 0.15) is 35.7 Å². The molecular formula is C16H23NO2. The van der Waals surface area contributed by atoms with Gasteiger partial charge in [0.2, 0.25) is 0 Å². The Balaban J connectivity index is 1.91. The fraction of sp³-hybridized carbons (Fsp3) is 0.562. The Labute approximate surface area is 115 Å². The van der Waals surface area contributed by atoms with Gasteiger partial charge in [-0.3, -0.25) is 9.69 Å². The Bertz CT molecular complexity index is 407. The van der Waals surface area contributed by atoms with Crippen molar-refractivity contribution in [2.45, 2.75) is 32.2 Å². The Morgan fingerprint density at radius 3 is 2.68 bits per heavy atom. The Morgan fingerprint density at radius 1 is 1.37 bits per heavy atom. The lowest BCUT2D eigenvalue weighted by Crippen LogP contribution is -2.36. The van der Waals surface area contributed by atoms with Crippen LogP contribution in [0, 0.1) is 0 Å². The molecule has 3 nitrogen and oxygen atoms in total. The zero-order chi connectivity index (χ0) is 13.7. The zero-order valence-electron chi connectivity index (χ0n) is 11.9. The topological polar surface area (TPSA) is 29.5 Å². The van der Waals surface area contributed by atoms with Gasteiger partial charge in [0.25, 0.3) is 0 Å². The van der Waals surface area contributed by atoms with Crippen molar-refractivity contribution in [1.82, 2.24) is 4.90 Å². The third-order valence-corrected chi connectivity index (χ3v) is 3.74. The van der Waals surface area contributed by atoms with Crippen molar-refractivity contribution in [3.05, 3.63) is 35.4 Å². The molecule has 0 aliphatic carbocycles. The molecule has 1 unspecified atom stereocenters. The van der Waals surface area contributed by atoms with Gasteiger partial charge < -0.3 is 4.74 Å². The molecule has 0 spiro atoms. The highest BCUT2D eigenvalue weighted by atomic mass is 16.5. The minimum atomic E-state index is 0.192. The second kappa shape index (κ2) is 6.83. The van der Waals surface area contributed by atoms with E-state index in [1.807, 2.05) is 19.2 Å². The number of likely N-dealkylation sites (N-methyl/N-ethyl adjacent to an activating group) is 1. The predicted molar refractivity (Wildman–Crippen MR) is 76.6 cm³/mol. The van der Waals surface area contributed by atoms with Gasteiger partial charge in [-0.1, -0.05) is 37.6 Å². The third kappa shape index (κ3) is 3.88. The van der Waals surface area contributed by atoms with Crippen LogP contribution in [0.5, 0.6) is 0 Å². The smallest absolute Gasteiger partial charge is 0.176 e. The maximum Gasteiger partial charge on any atom is 0.176 e. The average molecular weight is 261 g/mol. The van der Waals surface area contributed by atoms with Crippen LogP contribution in [0.15, 0.2) is 24.3 Å². The summed E-state index contributed by atoms with van der Waals surface area (Å²) in [5.41, 5.74) is 2.11. The highest BCUT2D eigenvalue weighted by molar-refractivity contribution is 5.97. The molecule has 104 valence electrons. The van der Waals surface area contributed by atoms with Crippen LogP contribution in [-0.4, -0.2) is 43.5 Å². The van der Waals surface area contributed by atoms with Crippen LogP contribution in [0.2, 0.25) is 0 Å². The molecule has 0 bridgehead atoms. The molecule has 0 N–H and O–H groups in total. The summed E-state index contributed by atoms with van der Waals surface area (Å²) in [6, 6.07) is 8.42. The summed E-state index contributed by atoms with van der Waals surface area (Å²) in [7, 11) is 2.00. The summed E-state index contributed by atoms with van der Waals surface area (Å²) in [6.07, 6.45) is 3.24. The third-order valence-electron chi connectivity index (χ3n) is 3.74. The van der Waals surface area contributed by atoms with Crippen LogP contribution < -0.4 is 0 Å². The number of aryl methyl sites for hydroxylation is 1. The second-order valence-corrected chi connectivity index (χ2v) is 5.30. The summed E-state index contributed by atoms with van der Waals surface area (Å²) in [5, 5.41) is 0. The SMILES string of the molecule is CCCc1ccc(C(=O)CN(C)C2CCOC2)cc1. The maximum absolute atomic E-state index is 12.2. The van der Waals surface area contributed by atoms with E-state index in [-0.39, 0.29) is 5.78 Å². The number of carbonyl (C=O) groups is 1. The van der Waals surface area contributed by atoms with E-state index < -0.39 is 0 Å². The number of Topliss-reactive ketones (excluding diaryl/α,β-unsaturated/α-hetero) is 1. The Morgan fingerprint density at radius 2 is 2.11 bits per heavy atom. The second-order valence-electron chi connectivity index (χ2n) is 5.30. The van der Waals surface area contributed by atoms with Crippen LogP contribution in [0.25, 0.3) is 0 Å². The molecule has 0 amide bonds. The van der Waals surface area contributed by atoms with Crippen LogP contribution in [-0.2, 0) is 11.2 Å². The number of hydrogen-bond donors (Lipinski definition) is 0. The summed E-state index contributed by atoms with van der Waals surface area (Å²) in [5.74, 6) is 0.192. The van der Waals surface area contributed by atoms with Crippen LogP contribution in [0.4, 0.5) is 0 Å². The monoisotopic (exact) mass is 261 g/mol. The van der Waals surface area contributed by atoms with Crippen molar-refractivity contribution >= 4 is 5.78 Å². The number of nitrogens with zero attached hydrogens (tertiary/aromatic N) is 1. The number of hydrogen-bond acceptors (Lipinski definition) is 3. The van der Waals surface area contributed by atoms with E-state index >= 15 is 0 Å². The minimum Gasteiger partial charge on any atom is -0.380 e. The highest BCUT2D eigenvalue weighted by Gasteiger charge is 2.22. The fourth-order valence-corrected chi connectivity index (χ4v) is 2.46. The van der Waals surface area contributed by atoms with Crippen molar-refractivity contribution in [2.75, 3.05) is 26.8 Å². The molecule has 2 rings (SSSR count). The first-order chi connectivity index (χ1) is 9.20. The van der Waals surface area contributed by atoms with E-state index in [2.05, 4.69) is 24.0 Å². The van der Waals surface area contributed by atoms with Gasteiger partial charge in [0.05, 0.1) is 13.2 Å². The highest BCUT2D eigenvalue weighted by Crippen LogP contribution is 2.12. The molecule has 1 heterocycles. The van der Waals surface area contributed by atoms with Crippen molar-refractivity contribution in [1.29, 1.82) is 0 Å². The Hall–Kier alpha value is -1.19. The largest absolute Gasteiger partial charge is 0.380 e. The molecule has 1 fully saturated rings. The lowest BCUT2D eigenvalue weighted by atomic mass is 10.0. The van der Waals surface area contributed by atoms with Crippen LogP contribution >= 0.6 is 0 Å². The van der Waals surface area contributed by atoms with Gasteiger partial charge in [-0.15, -0.1) is 0 Å². The number of carbonyl (C=O) groups excluding carboxylic acids is 1. The molecule has 0 radical (unpaired) electrons. The number of benzene rings is 1. The molecule has 1 aromatic carbocycles. The summed E-state index contributed by atoms with van der Waals surface area (Å²) >= 11 is 0. The Kier molecular flexibility index (Phi) is 5.11. The standard InChI is InChI=1S/C16H23NO2/c1-3-4-13-5-7-14(8-6-13)16(18)11-17(2)15-9-10-19-12-15/h5-8,15H,3-4,9-12H2,1-2H3. The van der Waals surface area contributed by atoms with Crippen molar-refractivity contribution in [2.24, 2.45) is 0 Å². The summed E-state index contributed by atoms with van der Waals surface area (Å²) in [6.45, 7) is 4.20. The molecular weight excluding hydrogens is 238 g/mol. The normalized spacial score (nSPS) is 19.0. The molecule has 0 aromatic heterocycles. The van der Waals surface area contributed by atoms with Crippen molar-refractivity contribution in [3.8, 4) is 0 Å². The number of rotatable bonds is 6. The first-order valence-electron chi connectivity index (χ1n) is 7.11. The van der Waals surface area contributed by atoms with Gasteiger partial charge in [0.1, 0.15) is 0 Å². The van der Waals surface area contributed by atoms with Crippen molar-refractivity contribution < 1.29 is 9.53 Å². The van der Waals surface area contributed by atoms with Gasteiger partial charge in [0, 0.05) is 18.2 Å². The zero-order valence-corrected chi connectivity index (χ0v) is 11.9. The van der Waals surface area contributed by atoms with Gasteiger partial charge >= 0.3 is 0 Å². The molecule has 19 heavy (non-hydrogen) atoms. The van der Waals surface area contributed by atoms with E-state index in [0.29, 0.717) is 12.6 Å². The maximum atomic E-state index is 12.2. The van der Waals surface area contributed by atoms with E-state index in [4.69, 9.17) is 4.74 Å². The molecule has 1 atom stereocenters. The van der Waals surface area contributed by atoms with Gasteiger partial charge in [-0.2, -0.15) is 0 Å². The average Bonchev–Trinajstić information content (AvgIpc) is 2.94. The summed E-state index contributed by atoms with van der Waals surface area (Å²) in [4.78, 5) is 14.3.